The smallest absolute Gasteiger partial charge is 0.138 e. The molecule has 0 aliphatic rings. The molecule has 1 aromatic heterocycles. The minimum atomic E-state index is -0.875. The molecular formula is C15H18ClN3O2. The number of nitrogens with zero attached hydrogens (tertiary/aromatic N) is 3. The summed E-state index contributed by atoms with van der Waals surface area (Å²) in [5, 5.41) is 15.4. The lowest BCUT2D eigenvalue weighted by Gasteiger charge is -2.30. The van der Waals surface area contributed by atoms with E-state index in [2.05, 4.69) is 10.1 Å². The zero-order valence-corrected chi connectivity index (χ0v) is 12.9. The molecule has 5 nitrogen and oxygen atoms in total. The molecule has 0 amide bonds. The number of halogens is 1. The maximum Gasteiger partial charge on any atom is 0.138 e. The first kappa shape index (κ1) is 15.7. The van der Waals surface area contributed by atoms with Crippen molar-refractivity contribution < 1.29 is 9.84 Å². The second-order valence-electron chi connectivity index (χ2n) is 5.17. The van der Waals surface area contributed by atoms with Gasteiger partial charge in [0.15, 0.2) is 0 Å². The van der Waals surface area contributed by atoms with Crippen LogP contribution in [0.25, 0.3) is 11.8 Å². The molecule has 1 heterocycles. The highest BCUT2D eigenvalue weighted by Crippen LogP contribution is 2.25. The zero-order valence-electron chi connectivity index (χ0n) is 12.2. The van der Waals surface area contributed by atoms with Crippen molar-refractivity contribution >= 4 is 23.4 Å². The van der Waals surface area contributed by atoms with Gasteiger partial charge in [0.2, 0.25) is 0 Å². The van der Waals surface area contributed by atoms with E-state index in [-0.39, 0.29) is 0 Å². The van der Waals surface area contributed by atoms with Crippen molar-refractivity contribution in [2.45, 2.75) is 25.6 Å². The molecule has 1 atom stereocenters. The molecule has 112 valence electrons. The Morgan fingerprint density at radius 1 is 1.38 bits per heavy atom. The van der Waals surface area contributed by atoms with Crippen LogP contribution in [0.5, 0.6) is 0 Å². The molecule has 1 aromatic carbocycles. The third kappa shape index (κ3) is 3.69. The summed E-state index contributed by atoms with van der Waals surface area (Å²) in [5.41, 5.74) is 0.710. The molecular weight excluding hydrogens is 290 g/mol. The first-order chi connectivity index (χ1) is 9.94. The first-order valence-corrected chi connectivity index (χ1v) is 6.87. The highest BCUT2D eigenvalue weighted by Gasteiger charge is 2.32. The summed E-state index contributed by atoms with van der Waals surface area (Å²) in [4.78, 5) is 3.93. The van der Waals surface area contributed by atoms with E-state index in [9.17, 15) is 5.11 Å². The van der Waals surface area contributed by atoms with Gasteiger partial charge in [0, 0.05) is 12.1 Å². The Morgan fingerprint density at radius 2 is 2.05 bits per heavy atom. The third-order valence-electron chi connectivity index (χ3n) is 3.33. The van der Waals surface area contributed by atoms with Gasteiger partial charge in [-0.1, -0.05) is 23.7 Å². The first-order valence-electron chi connectivity index (χ1n) is 6.49. The Kier molecular flexibility index (Phi) is 4.77. The Labute approximate surface area is 128 Å². The summed E-state index contributed by atoms with van der Waals surface area (Å²) < 4.78 is 6.89. The Bertz CT molecular complexity index is 606. The normalized spacial score (nSPS) is 14.2. The maximum atomic E-state index is 10.6. The fraction of sp³-hybridized carbons (Fsp3) is 0.333. The Morgan fingerprint density at radius 3 is 2.57 bits per heavy atom. The number of aliphatic hydroxyl groups is 1. The predicted molar refractivity (Wildman–Crippen MR) is 82.7 cm³/mol. The predicted octanol–water partition coefficient (Wildman–Crippen LogP) is 2.72. The van der Waals surface area contributed by atoms with Gasteiger partial charge in [0.25, 0.3) is 0 Å². The van der Waals surface area contributed by atoms with Gasteiger partial charge in [0.05, 0.1) is 11.3 Å². The Hall–Kier alpha value is -1.69. The van der Waals surface area contributed by atoms with Crippen LogP contribution in [0.15, 0.2) is 36.9 Å². The number of aliphatic hydroxyl groups excluding tert-OH is 1. The standard InChI is InChI=1S/C15H18ClN3O2/c1-15(2,21-3)14(20)13(19-10-17-9-18-19)8-11-4-6-12(16)7-5-11/h4-10,14,20H,1-3H3/b13-8-. The molecule has 0 saturated carbocycles. The van der Waals surface area contributed by atoms with E-state index in [1.54, 1.807) is 19.2 Å². The van der Waals surface area contributed by atoms with Crippen molar-refractivity contribution in [1.82, 2.24) is 14.8 Å². The second kappa shape index (κ2) is 6.39. The third-order valence-corrected chi connectivity index (χ3v) is 3.58. The van der Waals surface area contributed by atoms with Gasteiger partial charge in [-0.2, -0.15) is 5.10 Å². The van der Waals surface area contributed by atoms with E-state index >= 15 is 0 Å². The number of benzene rings is 1. The van der Waals surface area contributed by atoms with E-state index in [0.717, 1.165) is 5.56 Å². The molecule has 1 N–H and O–H groups in total. The molecule has 2 aromatic rings. The average Bonchev–Trinajstić information content (AvgIpc) is 3.00. The van der Waals surface area contributed by atoms with Crippen LogP contribution in [-0.2, 0) is 4.74 Å². The molecule has 0 saturated heterocycles. The van der Waals surface area contributed by atoms with E-state index < -0.39 is 11.7 Å². The molecule has 21 heavy (non-hydrogen) atoms. The number of hydrogen-bond donors (Lipinski definition) is 1. The van der Waals surface area contributed by atoms with Crippen LogP contribution in [0.1, 0.15) is 19.4 Å². The molecule has 0 fully saturated rings. The number of hydrogen-bond acceptors (Lipinski definition) is 4. The number of rotatable bonds is 5. The van der Waals surface area contributed by atoms with Crippen LogP contribution < -0.4 is 0 Å². The van der Waals surface area contributed by atoms with Gasteiger partial charge >= 0.3 is 0 Å². The van der Waals surface area contributed by atoms with E-state index in [1.165, 1.54) is 17.3 Å². The number of ether oxygens (including phenoxy) is 1. The fourth-order valence-electron chi connectivity index (χ4n) is 1.81. The van der Waals surface area contributed by atoms with Crippen LogP contribution in [0.4, 0.5) is 0 Å². The topological polar surface area (TPSA) is 60.2 Å². The molecule has 2 rings (SSSR count). The van der Waals surface area contributed by atoms with Crippen LogP contribution in [0, 0.1) is 0 Å². The largest absolute Gasteiger partial charge is 0.384 e. The molecule has 0 radical (unpaired) electrons. The zero-order chi connectivity index (χ0) is 15.5. The van der Waals surface area contributed by atoms with Crippen LogP contribution >= 0.6 is 11.6 Å². The van der Waals surface area contributed by atoms with Crippen LogP contribution in [0.3, 0.4) is 0 Å². The van der Waals surface area contributed by atoms with E-state index in [0.29, 0.717) is 10.7 Å². The lowest BCUT2D eigenvalue weighted by Crippen LogP contribution is -2.40. The minimum absolute atomic E-state index is 0.571. The van der Waals surface area contributed by atoms with Gasteiger partial charge in [-0.3, -0.25) is 0 Å². The lowest BCUT2D eigenvalue weighted by atomic mass is 9.97. The van der Waals surface area contributed by atoms with Crippen molar-refractivity contribution in [1.29, 1.82) is 0 Å². The molecule has 0 aliphatic carbocycles. The van der Waals surface area contributed by atoms with Gasteiger partial charge in [0.1, 0.15) is 18.8 Å². The van der Waals surface area contributed by atoms with Gasteiger partial charge < -0.3 is 9.84 Å². The van der Waals surface area contributed by atoms with Crippen LogP contribution in [0.2, 0.25) is 5.02 Å². The minimum Gasteiger partial charge on any atom is -0.384 e. The lowest BCUT2D eigenvalue weighted by molar-refractivity contribution is -0.0539. The van der Waals surface area contributed by atoms with E-state index in [4.69, 9.17) is 16.3 Å². The molecule has 1 unspecified atom stereocenters. The molecule has 0 aliphatic heterocycles. The van der Waals surface area contributed by atoms with Crippen molar-refractivity contribution in [2.24, 2.45) is 0 Å². The van der Waals surface area contributed by atoms with Crippen molar-refractivity contribution in [3.8, 4) is 0 Å². The molecule has 0 spiro atoms. The number of aromatic nitrogens is 3. The Balaban J connectivity index is 2.44. The van der Waals surface area contributed by atoms with E-state index in [1.807, 2.05) is 32.1 Å². The quantitative estimate of drug-likeness (QED) is 0.922. The van der Waals surface area contributed by atoms with Crippen molar-refractivity contribution in [3.63, 3.8) is 0 Å². The monoisotopic (exact) mass is 307 g/mol. The van der Waals surface area contributed by atoms with Gasteiger partial charge in [-0.25, -0.2) is 9.67 Å². The summed E-state index contributed by atoms with van der Waals surface area (Å²) in [5.74, 6) is 0. The van der Waals surface area contributed by atoms with Gasteiger partial charge in [-0.15, -0.1) is 0 Å². The SMILES string of the molecule is COC(C)(C)C(O)/C(=C/c1ccc(Cl)cc1)n1cncn1. The highest BCUT2D eigenvalue weighted by atomic mass is 35.5. The summed E-state index contributed by atoms with van der Waals surface area (Å²) in [6, 6.07) is 7.32. The van der Waals surface area contributed by atoms with Crippen LogP contribution in [-0.4, -0.2) is 38.7 Å². The van der Waals surface area contributed by atoms with Gasteiger partial charge in [-0.05, 0) is 37.6 Å². The molecule has 0 bridgehead atoms. The molecule has 6 heteroatoms. The summed E-state index contributed by atoms with van der Waals surface area (Å²) in [6.07, 6.45) is 3.91. The summed E-state index contributed by atoms with van der Waals surface area (Å²) in [7, 11) is 1.56. The number of methoxy groups -OCH3 is 1. The summed E-state index contributed by atoms with van der Waals surface area (Å²) >= 11 is 5.89. The second-order valence-corrected chi connectivity index (χ2v) is 5.61. The fourth-order valence-corrected chi connectivity index (χ4v) is 1.94. The summed E-state index contributed by atoms with van der Waals surface area (Å²) in [6.45, 7) is 3.62. The average molecular weight is 308 g/mol. The van der Waals surface area contributed by atoms with Crippen molar-refractivity contribution in [2.75, 3.05) is 7.11 Å². The highest BCUT2D eigenvalue weighted by molar-refractivity contribution is 6.30. The van der Waals surface area contributed by atoms with Crippen molar-refractivity contribution in [3.05, 3.63) is 47.5 Å². The maximum absolute atomic E-state index is 10.6.